The Hall–Kier alpha value is -1.88. The van der Waals surface area contributed by atoms with Crippen LogP contribution in [0, 0.1) is 0 Å². The Kier molecular flexibility index (Phi) is 5.97. The van der Waals surface area contributed by atoms with E-state index in [0.717, 1.165) is 44.6 Å². The SMILES string of the molecule is CC(=O)c1ccc(N2CC[NH+](CC(=O)N3[C@H](C)CCC[C@@H]3C)CC2)cc1. The number of carbonyl (C=O) groups excluding carboxylic acids is 2. The largest absolute Gasteiger partial charge is 0.360 e. The summed E-state index contributed by atoms with van der Waals surface area (Å²) < 4.78 is 0. The maximum atomic E-state index is 12.8. The predicted octanol–water partition coefficient (Wildman–Crippen LogP) is 1.38. The lowest BCUT2D eigenvalue weighted by Crippen LogP contribution is -3.16. The predicted molar refractivity (Wildman–Crippen MR) is 104 cm³/mol. The Labute approximate surface area is 156 Å². The van der Waals surface area contributed by atoms with E-state index in [1.54, 1.807) is 6.92 Å². The highest BCUT2D eigenvalue weighted by Gasteiger charge is 2.32. The Morgan fingerprint density at radius 1 is 1.04 bits per heavy atom. The molecule has 1 aromatic rings. The van der Waals surface area contributed by atoms with Crippen molar-refractivity contribution in [1.29, 1.82) is 0 Å². The lowest BCUT2D eigenvalue weighted by Gasteiger charge is -2.40. The first-order chi connectivity index (χ1) is 12.5. The van der Waals surface area contributed by atoms with Crippen LogP contribution in [0.25, 0.3) is 0 Å². The summed E-state index contributed by atoms with van der Waals surface area (Å²) in [4.78, 5) is 30.1. The van der Waals surface area contributed by atoms with E-state index in [1.165, 1.54) is 17.0 Å². The molecule has 26 heavy (non-hydrogen) atoms. The van der Waals surface area contributed by atoms with Crippen LogP contribution < -0.4 is 9.80 Å². The van der Waals surface area contributed by atoms with Crippen LogP contribution in [0.3, 0.4) is 0 Å². The van der Waals surface area contributed by atoms with Gasteiger partial charge in [-0.25, -0.2) is 0 Å². The third-order valence-corrected chi connectivity index (χ3v) is 5.99. The highest BCUT2D eigenvalue weighted by Crippen LogP contribution is 2.22. The number of rotatable bonds is 4. The molecule has 5 nitrogen and oxygen atoms in total. The van der Waals surface area contributed by atoms with Gasteiger partial charge in [-0.3, -0.25) is 9.59 Å². The lowest BCUT2D eigenvalue weighted by molar-refractivity contribution is -0.892. The number of piperazine rings is 1. The van der Waals surface area contributed by atoms with Crippen LogP contribution in [0.5, 0.6) is 0 Å². The number of amides is 1. The van der Waals surface area contributed by atoms with Crippen molar-refractivity contribution in [2.45, 2.75) is 52.1 Å². The van der Waals surface area contributed by atoms with Gasteiger partial charge in [0.05, 0.1) is 26.2 Å². The van der Waals surface area contributed by atoms with Gasteiger partial charge < -0.3 is 14.7 Å². The minimum Gasteiger partial charge on any atom is -0.360 e. The molecule has 3 rings (SSSR count). The Balaban J connectivity index is 1.52. The number of piperidine rings is 1. The zero-order chi connectivity index (χ0) is 18.7. The average molecular weight is 359 g/mol. The molecule has 2 saturated heterocycles. The lowest BCUT2D eigenvalue weighted by atomic mass is 9.97. The second kappa shape index (κ2) is 8.21. The van der Waals surface area contributed by atoms with Gasteiger partial charge in [-0.05, 0) is 64.3 Å². The molecule has 2 aliphatic rings. The summed E-state index contributed by atoms with van der Waals surface area (Å²) in [5, 5.41) is 0. The molecule has 2 heterocycles. The van der Waals surface area contributed by atoms with Crippen LogP contribution in [-0.4, -0.2) is 61.4 Å². The molecule has 2 aliphatic heterocycles. The fourth-order valence-electron chi connectivity index (χ4n) is 4.38. The summed E-state index contributed by atoms with van der Waals surface area (Å²) in [6.07, 6.45) is 3.50. The van der Waals surface area contributed by atoms with E-state index in [9.17, 15) is 9.59 Å². The van der Waals surface area contributed by atoms with E-state index in [0.29, 0.717) is 24.5 Å². The highest BCUT2D eigenvalue weighted by atomic mass is 16.2. The molecule has 0 saturated carbocycles. The van der Waals surface area contributed by atoms with E-state index in [1.807, 2.05) is 24.3 Å². The summed E-state index contributed by atoms with van der Waals surface area (Å²) >= 11 is 0. The molecule has 0 radical (unpaired) electrons. The van der Waals surface area contributed by atoms with Gasteiger partial charge in [0.1, 0.15) is 0 Å². The number of carbonyl (C=O) groups is 2. The topological polar surface area (TPSA) is 45.1 Å². The smallest absolute Gasteiger partial charge is 0.278 e. The van der Waals surface area contributed by atoms with E-state index in [-0.39, 0.29) is 5.78 Å². The summed E-state index contributed by atoms with van der Waals surface area (Å²) in [6.45, 7) is 10.5. The van der Waals surface area contributed by atoms with E-state index < -0.39 is 0 Å². The number of quaternary nitrogens is 1. The van der Waals surface area contributed by atoms with Crippen LogP contribution in [0.2, 0.25) is 0 Å². The Morgan fingerprint density at radius 3 is 2.15 bits per heavy atom. The average Bonchev–Trinajstić information content (AvgIpc) is 2.62. The maximum Gasteiger partial charge on any atom is 0.278 e. The molecule has 0 aromatic heterocycles. The van der Waals surface area contributed by atoms with Crippen molar-refractivity contribution in [2.24, 2.45) is 0 Å². The van der Waals surface area contributed by atoms with Gasteiger partial charge in [-0.1, -0.05) is 0 Å². The number of nitrogens with one attached hydrogen (secondary N) is 1. The second-order valence-electron chi connectivity index (χ2n) is 7.95. The highest BCUT2D eigenvalue weighted by molar-refractivity contribution is 5.94. The number of anilines is 1. The van der Waals surface area contributed by atoms with Gasteiger partial charge in [0.15, 0.2) is 12.3 Å². The number of hydrogen-bond acceptors (Lipinski definition) is 3. The van der Waals surface area contributed by atoms with Crippen molar-refractivity contribution in [3.05, 3.63) is 29.8 Å². The van der Waals surface area contributed by atoms with E-state index in [2.05, 4.69) is 23.6 Å². The first-order valence-corrected chi connectivity index (χ1v) is 9.96. The molecule has 1 N–H and O–H groups in total. The molecule has 5 heteroatoms. The summed E-state index contributed by atoms with van der Waals surface area (Å²) in [5.74, 6) is 0.421. The Morgan fingerprint density at radius 2 is 1.62 bits per heavy atom. The van der Waals surface area contributed by atoms with Crippen LogP contribution in [0.1, 0.15) is 50.4 Å². The van der Waals surface area contributed by atoms with Gasteiger partial charge in [-0.2, -0.15) is 0 Å². The molecule has 1 aromatic carbocycles. The fourth-order valence-corrected chi connectivity index (χ4v) is 4.38. The van der Waals surface area contributed by atoms with Gasteiger partial charge >= 0.3 is 0 Å². The van der Waals surface area contributed by atoms with Crippen LogP contribution >= 0.6 is 0 Å². The van der Waals surface area contributed by atoms with Crippen molar-refractivity contribution >= 4 is 17.4 Å². The number of likely N-dealkylation sites (tertiary alicyclic amines) is 1. The normalized spacial score (nSPS) is 24.6. The van der Waals surface area contributed by atoms with Crippen molar-refractivity contribution < 1.29 is 14.5 Å². The molecule has 1 amide bonds. The summed E-state index contributed by atoms with van der Waals surface area (Å²) in [5.41, 5.74) is 1.92. The fraction of sp³-hybridized carbons (Fsp3) is 0.619. The van der Waals surface area contributed by atoms with Gasteiger partial charge in [0, 0.05) is 23.3 Å². The van der Waals surface area contributed by atoms with E-state index in [4.69, 9.17) is 0 Å². The molecule has 142 valence electrons. The number of hydrogen-bond donors (Lipinski definition) is 1. The van der Waals surface area contributed by atoms with Gasteiger partial charge in [0.2, 0.25) is 0 Å². The quantitative estimate of drug-likeness (QED) is 0.827. The minimum absolute atomic E-state index is 0.102. The monoisotopic (exact) mass is 358 g/mol. The van der Waals surface area contributed by atoms with Crippen molar-refractivity contribution in [1.82, 2.24) is 4.90 Å². The molecule has 2 atom stereocenters. The Bertz CT molecular complexity index is 625. The number of benzene rings is 1. The third kappa shape index (κ3) is 4.26. The molecular weight excluding hydrogens is 326 g/mol. The molecule has 0 bridgehead atoms. The minimum atomic E-state index is 0.102. The third-order valence-electron chi connectivity index (χ3n) is 5.99. The molecule has 2 fully saturated rings. The summed E-state index contributed by atoms with van der Waals surface area (Å²) in [6, 6.07) is 8.63. The first kappa shape index (κ1) is 18.9. The zero-order valence-corrected chi connectivity index (χ0v) is 16.3. The van der Waals surface area contributed by atoms with Crippen LogP contribution in [0.15, 0.2) is 24.3 Å². The first-order valence-electron chi connectivity index (χ1n) is 9.96. The van der Waals surface area contributed by atoms with Crippen molar-refractivity contribution in [2.75, 3.05) is 37.6 Å². The van der Waals surface area contributed by atoms with Gasteiger partial charge in [0.25, 0.3) is 5.91 Å². The molecule has 0 spiro atoms. The van der Waals surface area contributed by atoms with Crippen LogP contribution in [0.4, 0.5) is 5.69 Å². The number of Topliss-reactive ketones (excluding diaryl/α,β-unsaturated/α-hetero) is 1. The standard InChI is InChI=1S/C21H31N3O2/c1-16-5-4-6-17(2)24(16)21(26)15-22-11-13-23(14-12-22)20-9-7-19(8-10-20)18(3)25/h7-10,16-17H,4-6,11-15H2,1-3H3/p+1/t16-,17+. The number of nitrogens with zero attached hydrogens (tertiary/aromatic N) is 2. The zero-order valence-electron chi connectivity index (χ0n) is 16.3. The number of ketones is 1. The maximum absolute atomic E-state index is 12.8. The van der Waals surface area contributed by atoms with Gasteiger partial charge in [-0.15, -0.1) is 0 Å². The van der Waals surface area contributed by atoms with Crippen molar-refractivity contribution in [3.63, 3.8) is 0 Å². The summed E-state index contributed by atoms with van der Waals surface area (Å²) in [7, 11) is 0. The second-order valence-corrected chi connectivity index (χ2v) is 7.95. The van der Waals surface area contributed by atoms with Crippen LogP contribution in [-0.2, 0) is 4.79 Å². The van der Waals surface area contributed by atoms with E-state index >= 15 is 0 Å². The molecule has 0 unspecified atom stereocenters. The molecular formula is C21H32N3O2+. The van der Waals surface area contributed by atoms with Crippen molar-refractivity contribution in [3.8, 4) is 0 Å². The molecule has 0 aliphatic carbocycles.